The van der Waals surface area contributed by atoms with E-state index in [0.29, 0.717) is 6.42 Å². The minimum Gasteiger partial charge on any atom is -0.371 e. The molecule has 2 aromatic carbocycles. The highest BCUT2D eigenvalue weighted by molar-refractivity contribution is 5.77. The zero-order valence-corrected chi connectivity index (χ0v) is 14.7. The van der Waals surface area contributed by atoms with E-state index in [1.807, 2.05) is 4.90 Å². The molecule has 3 rings (SSSR count). The molecule has 1 aliphatic heterocycles. The van der Waals surface area contributed by atoms with Gasteiger partial charge in [-0.2, -0.15) is 0 Å². The van der Waals surface area contributed by atoms with Crippen LogP contribution in [0.2, 0.25) is 0 Å². The van der Waals surface area contributed by atoms with Gasteiger partial charge >= 0.3 is 0 Å². The number of fused-ring (bicyclic) bond motifs is 1. The number of benzene rings is 2. The largest absolute Gasteiger partial charge is 0.371 e. The van der Waals surface area contributed by atoms with Crippen LogP contribution in [0.4, 0.5) is 5.69 Å². The van der Waals surface area contributed by atoms with E-state index < -0.39 is 0 Å². The van der Waals surface area contributed by atoms with Crippen LogP contribution in [-0.2, 0) is 17.8 Å². The minimum absolute atomic E-state index is 0.260. The Balaban J connectivity index is 1.59. The summed E-state index contributed by atoms with van der Waals surface area (Å²) in [7, 11) is 0. The fraction of sp³-hybridized carbons (Fsp3) is 0.381. The highest BCUT2D eigenvalue weighted by Gasteiger charge is 2.20. The van der Waals surface area contributed by atoms with Crippen LogP contribution in [0, 0.1) is 6.92 Å². The molecule has 1 aliphatic rings. The Bertz CT molecular complexity index is 710. The third kappa shape index (κ3) is 3.78. The van der Waals surface area contributed by atoms with Crippen molar-refractivity contribution in [3.63, 3.8) is 0 Å². The van der Waals surface area contributed by atoms with Crippen molar-refractivity contribution in [3.8, 4) is 0 Å². The minimum atomic E-state index is 0.260. The van der Waals surface area contributed by atoms with Gasteiger partial charge < -0.3 is 9.80 Å². The summed E-state index contributed by atoms with van der Waals surface area (Å²) in [5, 5.41) is 0. The van der Waals surface area contributed by atoms with Gasteiger partial charge in [-0.05, 0) is 49.1 Å². The Labute approximate surface area is 144 Å². The summed E-state index contributed by atoms with van der Waals surface area (Å²) in [6, 6.07) is 16.9. The van der Waals surface area contributed by atoms with Gasteiger partial charge in [0.25, 0.3) is 0 Å². The Morgan fingerprint density at radius 1 is 1.12 bits per heavy atom. The van der Waals surface area contributed by atoms with Crippen molar-refractivity contribution in [2.45, 2.75) is 33.2 Å². The second kappa shape index (κ2) is 7.52. The molecule has 1 heterocycles. The molecule has 3 heteroatoms. The molecular weight excluding hydrogens is 296 g/mol. The standard InChI is InChI=1S/C21H26N2O/c1-3-22(20-10-6-7-17(2)15-20)14-12-21(24)23-13-11-18-8-4-5-9-19(18)16-23/h4-10,15H,3,11-14,16H2,1-2H3. The van der Waals surface area contributed by atoms with Gasteiger partial charge in [0.2, 0.25) is 5.91 Å². The number of carbonyl (C=O) groups excluding carboxylic acids is 1. The predicted octanol–water partition coefficient (Wildman–Crippen LogP) is 3.80. The van der Waals surface area contributed by atoms with E-state index in [2.05, 4.69) is 67.3 Å². The van der Waals surface area contributed by atoms with E-state index in [9.17, 15) is 4.79 Å². The topological polar surface area (TPSA) is 23.6 Å². The summed E-state index contributed by atoms with van der Waals surface area (Å²) >= 11 is 0. The molecule has 0 saturated heterocycles. The summed E-state index contributed by atoms with van der Waals surface area (Å²) in [4.78, 5) is 16.9. The summed E-state index contributed by atoms with van der Waals surface area (Å²) in [5.41, 5.74) is 5.14. The lowest BCUT2D eigenvalue weighted by atomic mass is 10.00. The lowest BCUT2D eigenvalue weighted by Gasteiger charge is -2.30. The van der Waals surface area contributed by atoms with Gasteiger partial charge in [-0.15, -0.1) is 0 Å². The number of nitrogens with zero attached hydrogens (tertiary/aromatic N) is 2. The van der Waals surface area contributed by atoms with Crippen molar-refractivity contribution in [1.82, 2.24) is 4.90 Å². The fourth-order valence-corrected chi connectivity index (χ4v) is 3.39. The van der Waals surface area contributed by atoms with Crippen molar-refractivity contribution in [2.24, 2.45) is 0 Å². The first-order valence-electron chi connectivity index (χ1n) is 8.83. The monoisotopic (exact) mass is 322 g/mol. The molecule has 3 nitrogen and oxygen atoms in total. The number of rotatable bonds is 5. The normalized spacial score (nSPS) is 13.5. The highest BCUT2D eigenvalue weighted by atomic mass is 16.2. The smallest absolute Gasteiger partial charge is 0.224 e. The Morgan fingerprint density at radius 3 is 2.67 bits per heavy atom. The van der Waals surface area contributed by atoms with Gasteiger partial charge in [-0.25, -0.2) is 0 Å². The van der Waals surface area contributed by atoms with Crippen LogP contribution < -0.4 is 4.90 Å². The Hall–Kier alpha value is -2.29. The van der Waals surface area contributed by atoms with E-state index in [4.69, 9.17) is 0 Å². The van der Waals surface area contributed by atoms with Crippen molar-refractivity contribution < 1.29 is 4.79 Å². The average Bonchev–Trinajstić information content (AvgIpc) is 2.61. The van der Waals surface area contributed by atoms with E-state index in [1.165, 1.54) is 22.4 Å². The van der Waals surface area contributed by atoms with Crippen LogP contribution in [0.5, 0.6) is 0 Å². The van der Waals surface area contributed by atoms with Gasteiger partial charge in [0.1, 0.15) is 0 Å². The van der Waals surface area contributed by atoms with Crippen LogP contribution >= 0.6 is 0 Å². The molecule has 0 unspecified atom stereocenters. The van der Waals surface area contributed by atoms with Crippen molar-refractivity contribution in [2.75, 3.05) is 24.5 Å². The van der Waals surface area contributed by atoms with Gasteiger partial charge in [0, 0.05) is 38.3 Å². The molecule has 0 fully saturated rings. The molecule has 24 heavy (non-hydrogen) atoms. The van der Waals surface area contributed by atoms with Gasteiger partial charge in [0.05, 0.1) is 0 Å². The number of aryl methyl sites for hydroxylation is 1. The lowest BCUT2D eigenvalue weighted by Crippen LogP contribution is -2.38. The number of anilines is 1. The summed E-state index contributed by atoms with van der Waals surface area (Å²) in [6.07, 6.45) is 1.54. The number of hydrogen-bond donors (Lipinski definition) is 0. The van der Waals surface area contributed by atoms with E-state index >= 15 is 0 Å². The van der Waals surface area contributed by atoms with Crippen LogP contribution in [0.1, 0.15) is 30.0 Å². The lowest BCUT2D eigenvalue weighted by molar-refractivity contribution is -0.131. The van der Waals surface area contributed by atoms with E-state index in [0.717, 1.165) is 32.6 Å². The van der Waals surface area contributed by atoms with Gasteiger partial charge in [-0.3, -0.25) is 4.79 Å². The van der Waals surface area contributed by atoms with E-state index in [-0.39, 0.29) is 5.91 Å². The van der Waals surface area contributed by atoms with Crippen LogP contribution in [0.25, 0.3) is 0 Å². The zero-order valence-electron chi connectivity index (χ0n) is 14.7. The van der Waals surface area contributed by atoms with Crippen molar-refractivity contribution in [1.29, 1.82) is 0 Å². The zero-order chi connectivity index (χ0) is 16.9. The molecule has 0 aliphatic carbocycles. The van der Waals surface area contributed by atoms with Crippen LogP contribution in [0.3, 0.4) is 0 Å². The van der Waals surface area contributed by atoms with Crippen molar-refractivity contribution in [3.05, 3.63) is 65.2 Å². The molecule has 0 aromatic heterocycles. The second-order valence-electron chi connectivity index (χ2n) is 6.50. The molecule has 0 N–H and O–H groups in total. The summed E-state index contributed by atoms with van der Waals surface area (Å²) < 4.78 is 0. The SMILES string of the molecule is CCN(CCC(=O)N1CCc2ccccc2C1)c1cccc(C)c1. The van der Waals surface area contributed by atoms with Crippen LogP contribution in [-0.4, -0.2) is 30.4 Å². The maximum Gasteiger partial charge on any atom is 0.224 e. The Kier molecular flexibility index (Phi) is 5.19. The predicted molar refractivity (Wildman–Crippen MR) is 99.2 cm³/mol. The molecular formula is C21H26N2O. The maximum absolute atomic E-state index is 12.6. The quantitative estimate of drug-likeness (QED) is 0.836. The summed E-state index contributed by atoms with van der Waals surface area (Å²) in [5.74, 6) is 0.260. The molecule has 0 bridgehead atoms. The highest BCUT2D eigenvalue weighted by Crippen LogP contribution is 2.20. The number of amides is 1. The summed E-state index contributed by atoms with van der Waals surface area (Å²) in [6.45, 7) is 7.53. The molecule has 1 amide bonds. The number of carbonyl (C=O) groups is 1. The fourth-order valence-electron chi connectivity index (χ4n) is 3.39. The van der Waals surface area contributed by atoms with Crippen molar-refractivity contribution >= 4 is 11.6 Å². The molecule has 0 radical (unpaired) electrons. The maximum atomic E-state index is 12.6. The Morgan fingerprint density at radius 2 is 1.92 bits per heavy atom. The average molecular weight is 322 g/mol. The molecule has 0 saturated carbocycles. The molecule has 126 valence electrons. The first-order valence-corrected chi connectivity index (χ1v) is 8.83. The van der Waals surface area contributed by atoms with Crippen LogP contribution in [0.15, 0.2) is 48.5 Å². The first kappa shape index (κ1) is 16.6. The second-order valence-corrected chi connectivity index (χ2v) is 6.50. The van der Waals surface area contributed by atoms with E-state index in [1.54, 1.807) is 0 Å². The van der Waals surface area contributed by atoms with Gasteiger partial charge in [-0.1, -0.05) is 36.4 Å². The number of hydrogen-bond acceptors (Lipinski definition) is 2. The van der Waals surface area contributed by atoms with Gasteiger partial charge in [0.15, 0.2) is 0 Å². The molecule has 0 spiro atoms. The first-order chi connectivity index (χ1) is 11.7. The third-order valence-corrected chi connectivity index (χ3v) is 4.83. The molecule has 2 aromatic rings. The molecule has 0 atom stereocenters. The third-order valence-electron chi connectivity index (χ3n) is 4.83.